The highest BCUT2D eigenvalue weighted by atomic mass is 32.1. The van der Waals surface area contributed by atoms with Crippen LogP contribution >= 0.6 is 11.3 Å². The van der Waals surface area contributed by atoms with E-state index in [2.05, 4.69) is 20.5 Å². The summed E-state index contributed by atoms with van der Waals surface area (Å²) < 4.78 is 0. The van der Waals surface area contributed by atoms with E-state index < -0.39 is 0 Å². The maximum absolute atomic E-state index is 9.13. The first-order valence-electron chi connectivity index (χ1n) is 5.42. The second kappa shape index (κ2) is 5.70. The molecule has 2 heterocycles. The minimum absolute atomic E-state index is 0.300. The quantitative estimate of drug-likeness (QED) is 0.846. The molecule has 2 aromatic heterocycles. The van der Waals surface area contributed by atoms with Crippen LogP contribution in [0, 0.1) is 0 Å². The fourth-order valence-corrected chi connectivity index (χ4v) is 2.02. The lowest BCUT2D eigenvalue weighted by molar-refractivity contribution is 0.189. The molecule has 0 bridgehead atoms. The lowest BCUT2D eigenvalue weighted by Gasteiger charge is -2.03. The van der Waals surface area contributed by atoms with Gasteiger partial charge in [-0.2, -0.15) is 0 Å². The molecule has 0 aliphatic rings. The van der Waals surface area contributed by atoms with Crippen LogP contribution in [0.1, 0.15) is 13.3 Å². The zero-order valence-corrected chi connectivity index (χ0v) is 10.3. The first-order valence-corrected chi connectivity index (χ1v) is 6.24. The Kier molecular flexibility index (Phi) is 4.00. The molecule has 0 spiro atoms. The second-order valence-corrected chi connectivity index (χ2v) is 4.67. The highest BCUT2D eigenvalue weighted by molar-refractivity contribution is 7.18. The van der Waals surface area contributed by atoms with Crippen molar-refractivity contribution in [3.63, 3.8) is 0 Å². The first kappa shape index (κ1) is 11.9. The largest absolute Gasteiger partial charge is 0.393 e. The maximum Gasteiger partial charge on any atom is 0.206 e. The maximum atomic E-state index is 9.13. The number of hydrogen-bond acceptors (Lipinski definition) is 6. The van der Waals surface area contributed by atoms with Gasteiger partial charge in [0.25, 0.3) is 0 Å². The zero-order chi connectivity index (χ0) is 12.1. The molecule has 0 aliphatic carbocycles. The van der Waals surface area contributed by atoms with Gasteiger partial charge in [-0.1, -0.05) is 17.4 Å². The monoisotopic (exact) mass is 250 g/mol. The minimum Gasteiger partial charge on any atom is -0.393 e. The van der Waals surface area contributed by atoms with E-state index in [4.69, 9.17) is 5.11 Å². The van der Waals surface area contributed by atoms with Crippen molar-refractivity contribution < 1.29 is 5.11 Å². The van der Waals surface area contributed by atoms with Crippen LogP contribution in [0.2, 0.25) is 0 Å². The Morgan fingerprint density at radius 3 is 3.00 bits per heavy atom. The van der Waals surface area contributed by atoms with Crippen molar-refractivity contribution in [2.45, 2.75) is 19.4 Å². The average Bonchev–Trinajstić information content (AvgIpc) is 2.78. The molecule has 0 saturated heterocycles. The molecule has 5 nitrogen and oxygen atoms in total. The zero-order valence-electron chi connectivity index (χ0n) is 9.50. The molecular formula is C11H14N4OS. The van der Waals surface area contributed by atoms with E-state index in [-0.39, 0.29) is 6.10 Å². The van der Waals surface area contributed by atoms with Crippen molar-refractivity contribution in [2.75, 3.05) is 11.9 Å². The number of hydrogen-bond donors (Lipinski definition) is 2. The van der Waals surface area contributed by atoms with Gasteiger partial charge < -0.3 is 10.4 Å². The van der Waals surface area contributed by atoms with E-state index in [1.807, 2.05) is 18.2 Å². The van der Waals surface area contributed by atoms with Crippen molar-refractivity contribution in [1.29, 1.82) is 0 Å². The van der Waals surface area contributed by atoms with Gasteiger partial charge in [0, 0.05) is 12.7 Å². The van der Waals surface area contributed by atoms with Crippen LogP contribution in [-0.4, -0.2) is 32.9 Å². The van der Waals surface area contributed by atoms with Crippen molar-refractivity contribution >= 4 is 16.5 Å². The molecule has 0 aliphatic heterocycles. The molecular weight excluding hydrogens is 236 g/mol. The summed E-state index contributed by atoms with van der Waals surface area (Å²) in [7, 11) is 0. The van der Waals surface area contributed by atoms with Gasteiger partial charge in [-0.15, -0.1) is 10.2 Å². The van der Waals surface area contributed by atoms with Gasteiger partial charge in [0.1, 0.15) is 5.69 Å². The Morgan fingerprint density at radius 1 is 1.41 bits per heavy atom. The molecule has 0 fully saturated rings. The van der Waals surface area contributed by atoms with Crippen molar-refractivity contribution in [3.05, 3.63) is 24.4 Å². The summed E-state index contributed by atoms with van der Waals surface area (Å²) in [6.45, 7) is 2.45. The Hall–Kier alpha value is -1.53. The Bertz CT molecular complexity index is 458. The van der Waals surface area contributed by atoms with Crippen molar-refractivity contribution in [1.82, 2.24) is 15.2 Å². The number of aromatic nitrogens is 3. The topological polar surface area (TPSA) is 70.9 Å². The molecule has 6 heteroatoms. The van der Waals surface area contributed by atoms with E-state index in [1.54, 1.807) is 13.1 Å². The van der Waals surface area contributed by atoms with Gasteiger partial charge in [-0.3, -0.25) is 4.98 Å². The summed E-state index contributed by atoms with van der Waals surface area (Å²) in [6.07, 6.45) is 2.13. The Balaban J connectivity index is 1.97. The standard InChI is InChI=1S/C11H14N4OS/c1-8(16)5-7-13-11-15-14-10(17-11)9-4-2-3-6-12-9/h2-4,6,8,16H,5,7H2,1H3,(H,13,15). The molecule has 0 saturated carbocycles. The molecule has 17 heavy (non-hydrogen) atoms. The predicted molar refractivity (Wildman–Crippen MR) is 67.9 cm³/mol. The SMILES string of the molecule is CC(O)CCNc1nnc(-c2ccccn2)s1. The average molecular weight is 250 g/mol. The molecule has 1 unspecified atom stereocenters. The fourth-order valence-electron chi connectivity index (χ4n) is 1.28. The van der Waals surface area contributed by atoms with E-state index in [1.165, 1.54) is 11.3 Å². The third kappa shape index (κ3) is 3.47. The van der Waals surface area contributed by atoms with Gasteiger partial charge in [-0.25, -0.2) is 0 Å². The Morgan fingerprint density at radius 2 is 2.29 bits per heavy atom. The van der Waals surface area contributed by atoms with E-state index >= 15 is 0 Å². The summed E-state index contributed by atoms with van der Waals surface area (Å²) in [5.41, 5.74) is 0.827. The van der Waals surface area contributed by atoms with Gasteiger partial charge in [-0.05, 0) is 25.5 Å². The van der Waals surface area contributed by atoms with E-state index in [0.717, 1.165) is 15.8 Å². The van der Waals surface area contributed by atoms with Gasteiger partial charge in [0.15, 0.2) is 5.01 Å². The third-order valence-corrected chi connectivity index (χ3v) is 3.05. The van der Waals surface area contributed by atoms with Crippen molar-refractivity contribution in [3.8, 4) is 10.7 Å². The molecule has 0 radical (unpaired) electrons. The van der Waals surface area contributed by atoms with Crippen LogP contribution in [0.15, 0.2) is 24.4 Å². The summed E-state index contributed by atoms with van der Waals surface area (Å²) >= 11 is 1.46. The van der Waals surface area contributed by atoms with E-state index in [9.17, 15) is 0 Å². The highest BCUT2D eigenvalue weighted by Crippen LogP contribution is 2.24. The fraction of sp³-hybridized carbons (Fsp3) is 0.364. The normalized spacial score (nSPS) is 12.4. The molecule has 1 atom stereocenters. The summed E-state index contributed by atoms with van der Waals surface area (Å²) in [6, 6.07) is 5.69. The number of aliphatic hydroxyl groups is 1. The molecule has 0 amide bonds. The minimum atomic E-state index is -0.300. The van der Waals surface area contributed by atoms with Crippen LogP contribution in [0.3, 0.4) is 0 Å². The highest BCUT2D eigenvalue weighted by Gasteiger charge is 2.06. The molecule has 90 valence electrons. The van der Waals surface area contributed by atoms with Gasteiger partial charge in [0.2, 0.25) is 5.13 Å². The van der Waals surface area contributed by atoms with E-state index in [0.29, 0.717) is 13.0 Å². The third-order valence-electron chi connectivity index (χ3n) is 2.15. The first-order chi connectivity index (χ1) is 8.25. The Labute approximate surface area is 104 Å². The predicted octanol–water partition coefficient (Wildman–Crippen LogP) is 1.78. The number of aliphatic hydroxyl groups excluding tert-OH is 1. The number of pyridine rings is 1. The number of rotatable bonds is 5. The van der Waals surface area contributed by atoms with Crippen LogP contribution in [-0.2, 0) is 0 Å². The van der Waals surface area contributed by atoms with Crippen LogP contribution in [0.25, 0.3) is 10.7 Å². The van der Waals surface area contributed by atoms with Gasteiger partial charge >= 0.3 is 0 Å². The lowest BCUT2D eigenvalue weighted by atomic mass is 10.3. The van der Waals surface area contributed by atoms with Crippen molar-refractivity contribution in [2.24, 2.45) is 0 Å². The smallest absolute Gasteiger partial charge is 0.206 e. The number of nitrogens with one attached hydrogen (secondary N) is 1. The second-order valence-electron chi connectivity index (χ2n) is 3.69. The van der Waals surface area contributed by atoms with Crippen LogP contribution < -0.4 is 5.32 Å². The number of anilines is 1. The van der Waals surface area contributed by atoms with Crippen LogP contribution in [0.4, 0.5) is 5.13 Å². The molecule has 2 aromatic rings. The lowest BCUT2D eigenvalue weighted by Crippen LogP contribution is -2.09. The molecule has 2 rings (SSSR count). The van der Waals surface area contributed by atoms with Gasteiger partial charge in [0.05, 0.1) is 6.10 Å². The molecule has 2 N–H and O–H groups in total. The number of nitrogens with zero attached hydrogens (tertiary/aromatic N) is 3. The summed E-state index contributed by atoms with van der Waals surface area (Å²) in [4.78, 5) is 4.21. The summed E-state index contributed by atoms with van der Waals surface area (Å²) in [5, 5.41) is 21.9. The molecule has 0 aromatic carbocycles. The summed E-state index contributed by atoms with van der Waals surface area (Å²) in [5.74, 6) is 0. The van der Waals surface area contributed by atoms with Crippen LogP contribution in [0.5, 0.6) is 0 Å².